The molecule has 2 unspecified atom stereocenters. The standard InChI is InChI=1S/C15H15N/c1-4-12-9(3)13-7-10-6-11(10)8-15(13)16-14(12)5-2/h4-5,7-8,10-11H,1-2,6H2,3H3. The Hall–Kier alpha value is -1.63. The predicted molar refractivity (Wildman–Crippen MR) is 68.9 cm³/mol. The quantitative estimate of drug-likeness (QED) is 0.725. The SMILES string of the molecule is C=Cc1nc2c(c(C)c1C=C)=CC1CC1C=2. The molecular weight excluding hydrogens is 194 g/mol. The van der Waals surface area contributed by atoms with Gasteiger partial charge < -0.3 is 0 Å². The molecule has 2 atom stereocenters. The second-order valence-corrected chi connectivity index (χ2v) is 4.64. The van der Waals surface area contributed by atoms with Crippen LogP contribution in [0.5, 0.6) is 0 Å². The van der Waals surface area contributed by atoms with Gasteiger partial charge in [-0.25, -0.2) is 4.98 Å². The number of hydrogen-bond donors (Lipinski definition) is 0. The first kappa shape index (κ1) is 9.59. The minimum Gasteiger partial charge on any atom is -0.248 e. The number of aromatic nitrogens is 1. The molecule has 16 heavy (non-hydrogen) atoms. The van der Waals surface area contributed by atoms with Crippen molar-refractivity contribution >= 4 is 24.3 Å². The van der Waals surface area contributed by atoms with Gasteiger partial charge in [-0.15, -0.1) is 0 Å². The Morgan fingerprint density at radius 3 is 2.69 bits per heavy atom. The van der Waals surface area contributed by atoms with Crippen molar-refractivity contribution in [2.24, 2.45) is 11.8 Å². The summed E-state index contributed by atoms with van der Waals surface area (Å²) in [5, 5.41) is 2.44. The highest BCUT2D eigenvalue weighted by atomic mass is 14.7. The van der Waals surface area contributed by atoms with Crippen LogP contribution in [-0.4, -0.2) is 4.98 Å². The average Bonchev–Trinajstić information content (AvgIpc) is 3.04. The Labute approximate surface area is 95.5 Å². The van der Waals surface area contributed by atoms with Gasteiger partial charge in [-0.2, -0.15) is 0 Å². The number of fused-ring (bicyclic) bond motifs is 2. The summed E-state index contributed by atoms with van der Waals surface area (Å²) < 4.78 is 0. The maximum absolute atomic E-state index is 4.66. The van der Waals surface area contributed by atoms with Crippen molar-refractivity contribution in [3.05, 3.63) is 40.5 Å². The second-order valence-electron chi connectivity index (χ2n) is 4.64. The summed E-state index contributed by atoms with van der Waals surface area (Å²) in [5.41, 5.74) is 3.36. The van der Waals surface area contributed by atoms with E-state index < -0.39 is 0 Å². The van der Waals surface area contributed by atoms with Gasteiger partial charge in [-0.05, 0) is 42.0 Å². The van der Waals surface area contributed by atoms with Crippen LogP contribution < -0.4 is 10.6 Å². The lowest BCUT2D eigenvalue weighted by molar-refractivity contribution is 1.02. The number of pyridine rings is 1. The van der Waals surface area contributed by atoms with E-state index in [0.29, 0.717) is 0 Å². The van der Waals surface area contributed by atoms with Gasteiger partial charge in [0.15, 0.2) is 0 Å². The summed E-state index contributed by atoms with van der Waals surface area (Å²) in [5.74, 6) is 1.51. The van der Waals surface area contributed by atoms with Crippen LogP contribution in [0.1, 0.15) is 23.2 Å². The maximum atomic E-state index is 4.66. The third kappa shape index (κ3) is 1.21. The fourth-order valence-corrected chi connectivity index (χ4v) is 2.57. The van der Waals surface area contributed by atoms with E-state index >= 15 is 0 Å². The van der Waals surface area contributed by atoms with Crippen LogP contribution in [0, 0.1) is 18.8 Å². The van der Waals surface area contributed by atoms with E-state index in [4.69, 9.17) is 0 Å². The molecule has 0 saturated heterocycles. The number of nitrogens with zero attached hydrogens (tertiary/aromatic N) is 1. The van der Waals surface area contributed by atoms with Crippen LogP contribution in [0.3, 0.4) is 0 Å². The highest BCUT2D eigenvalue weighted by molar-refractivity contribution is 5.65. The average molecular weight is 209 g/mol. The second kappa shape index (κ2) is 3.18. The fourth-order valence-electron chi connectivity index (χ4n) is 2.57. The van der Waals surface area contributed by atoms with Gasteiger partial charge in [0.2, 0.25) is 0 Å². The molecule has 0 aliphatic heterocycles. The molecule has 0 radical (unpaired) electrons. The molecule has 1 heterocycles. The smallest absolute Gasteiger partial charge is 0.0706 e. The van der Waals surface area contributed by atoms with Gasteiger partial charge in [0, 0.05) is 5.56 Å². The van der Waals surface area contributed by atoms with Crippen molar-refractivity contribution in [3.8, 4) is 0 Å². The highest BCUT2D eigenvalue weighted by Crippen LogP contribution is 2.41. The molecule has 80 valence electrons. The van der Waals surface area contributed by atoms with Crippen LogP contribution in [0.2, 0.25) is 0 Å². The molecular formula is C15H15N. The maximum Gasteiger partial charge on any atom is 0.0706 e. The van der Waals surface area contributed by atoms with E-state index in [1.807, 2.05) is 12.2 Å². The molecule has 1 aromatic heterocycles. The van der Waals surface area contributed by atoms with Crippen LogP contribution in [0.15, 0.2) is 13.2 Å². The Bertz CT molecular complexity index is 607. The molecule has 1 heteroatoms. The van der Waals surface area contributed by atoms with Crippen LogP contribution in [0.4, 0.5) is 0 Å². The van der Waals surface area contributed by atoms with Crippen molar-refractivity contribution < 1.29 is 0 Å². The van der Waals surface area contributed by atoms with E-state index in [2.05, 4.69) is 37.2 Å². The van der Waals surface area contributed by atoms with Crippen LogP contribution in [-0.2, 0) is 0 Å². The molecule has 1 fully saturated rings. The third-order valence-electron chi connectivity index (χ3n) is 3.64. The minimum absolute atomic E-state index is 0.742. The van der Waals surface area contributed by atoms with Gasteiger partial charge in [-0.3, -0.25) is 0 Å². The summed E-state index contributed by atoms with van der Waals surface area (Å²) in [6.45, 7) is 9.84. The van der Waals surface area contributed by atoms with Gasteiger partial charge >= 0.3 is 0 Å². The zero-order chi connectivity index (χ0) is 11.3. The molecule has 2 aliphatic rings. The first-order valence-corrected chi connectivity index (χ1v) is 5.73. The van der Waals surface area contributed by atoms with E-state index in [-0.39, 0.29) is 0 Å². The molecule has 1 nitrogen and oxygen atoms in total. The lowest BCUT2D eigenvalue weighted by Crippen LogP contribution is -2.34. The van der Waals surface area contributed by atoms with Crippen molar-refractivity contribution in [2.45, 2.75) is 13.3 Å². The summed E-state index contributed by atoms with van der Waals surface area (Å²) in [6, 6.07) is 0. The molecule has 1 saturated carbocycles. The summed E-state index contributed by atoms with van der Waals surface area (Å²) in [4.78, 5) is 4.66. The molecule has 0 amide bonds. The first-order chi connectivity index (χ1) is 7.74. The van der Waals surface area contributed by atoms with Crippen LogP contribution >= 0.6 is 0 Å². The molecule has 0 N–H and O–H groups in total. The largest absolute Gasteiger partial charge is 0.248 e. The fraction of sp³-hybridized carbons (Fsp3) is 0.267. The lowest BCUT2D eigenvalue weighted by atomic mass is 10.0. The Balaban J connectivity index is 2.42. The molecule has 0 spiro atoms. The van der Waals surface area contributed by atoms with Crippen molar-refractivity contribution in [3.63, 3.8) is 0 Å². The highest BCUT2D eigenvalue weighted by Gasteiger charge is 2.35. The van der Waals surface area contributed by atoms with Gasteiger partial charge in [0.25, 0.3) is 0 Å². The van der Waals surface area contributed by atoms with Gasteiger partial charge in [0.1, 0.15) is 0 Å². The van der Waals surface area contributed by atoms with Crippen molar-refractivity contribution in [1.29, 1.82) is 0 Å². The van der Waals surface area contributed by atoms with E-state index in [9.17, 15) is 0 Å². The van der Waals surface area contributed by atoms with E-state index in [0.717, 1.165) is 28.4 Å². The third-order valence-corrected chi connectivity index (χ3v) is 3.64. The number of hydrogen-bond acceptors (Lipinski definition) is 1. The summed E-state index contributed by atoms with van der Waals surface area (Å²) in [7, 11) is 0. The molecule has 0 aromatic carbocycles. The van der Waals surface area contributed by atoms with Crippen molar-refractivity contribution in [1.82, 2.24) is 4.98 Å². The summed E-state index contributed by atoms with van der Waals surface area (Å²) >= 11 is 0. The topological polar surface area (TPSA) is 12.9 Å². The van der Waals surface area contributed by atoms with Gasteiger partial charge in [-0.1, -0.05) is 31.4 Å². The Kier molecular flexibility index (Phi) is 1.90. The number of rotatable bonds is 2. The zero-order valence-electron chi connectivity index (χ0n) is 9.53. The van der Waals surface area contributed by atoms with E-state index in [1.165, 1.54) is 17.2 Å². The molecule has 0 bridgehead atoms. The normalized spacial score (nSPS) is 24.6. The minimum atomic E-state index is 0.742. The van der Waals surface area contributed by atoms with Gasteiger partial charge in [0.05, 0.1) is 11.0 Å². The predicted octanol–water partition coefficient (Wildman–Crippen LogP) is 1.89. The lowest BCUT2D eigenvalue weighted by Gasteiger charge is -2.09. The molecule has 3 rings (SSSR count). The van der Waals surface area contributed by atoms with E-state index in [1.54, 1.807) is 0 Å². The van der Waals surface area contributed by atoms with Crippen molar-refractivity contribution in [2.75, 3.05) is 0 Å². The Morgan fingerprint density at radius 1 is 1.25 bits per heavy atom. The molecule has 1 aromatic rings. The summed E-state index contributed by atoms with van der Waals surface area (Å²) in [6.07, 6.45) is 9.68. The van der Waals surface area contributed by atoms with Crippen LogP contribution in [0.25, 0.3) is 24.3 Å². The first-order valence-electron chi connectivity index (χ1n) is 5.73. The Morgan fingerprint density at radius 2 is 2.00 bits per heavy atom. The molecule has 2 aliphatic carbocycles. The monoisotopic (exact) mass is 209 g/mol. The zero-order valence-corrected chi connectivity index (χ0v) is 9.53.